The van der Waals surface area contributed by atoms with Crippen LogP contribution in [0.15, 0.2) is 11.8 Å². The predicted molar refractivity (Wildman–Crippen MR) is 55.9 cm³/mol. The van der Waals surface area contributed by atoms with E-state index in [1.54, 1.807) is 0 Å². The van der Waals surface area contributed by atoms with Crippen LogP contribution in [0, 0.1) is 0 Å². The van der Waals surface area contributed by atoms with Crippen LogP contribution in [0.5, 0.6) is 0 Å². The summed E-state index contributed by atoms with van der Waals surface area (Å²) >= 11 is 0. The maximum atomic E-state index is 10.5. The summed E-state index contributed by atoms with van der Waals surface area (Å²) in [6.07, 6.45) is 10.8. The molecule has 2 heteroatoms. The number of rotatable bonds is 1. The second-order valence-corrected chi connectivity index (χ2v) is 4.50. The standard InChI is InChI=1S/C12H20O2/c13-12(8-4-1-2-5-9-12)11-7-3-6-10-14-11/h7,13H,1-6,8-10H2. The van der Waals surface area contributed by atoms with Crippen molar-refractivity contribution in [2.75, 3.05) is 6.61 Å². The van der Waals surface area contributed by atoms with Gasteiger partial charge in [0.05, 0.1) is 6.61 Å². The maximum Gasteiger partial charge on any atom is 0.124 e. The van der Waals surface area contributed by atoms with E-state index in [0.29, 0.717) is 0 Å². The Hall–Kier alpha value is -0.500. The molecule has 1 fully saturated rings. The Morgan fingerprint density at radius 1 is 1.07 bits per heavy atom. The zero-order valence-corrected chi connectivity index (χ0v) is 8.80. The SMILES string of the molecule is OC1(C2=CCCCO2)CCCCCC1. The first-order valence-electron chi connectivity index (χ1n) is 5.87. The topological polar surface area (TPSA) is 29.5 Å². The zero-order chi connectivity index (χ0) is 9.86. The summed E-state index contributed by atoms with van der Waals surface area (Å²) in [4.78, 5) is 0. The lowest BCUT2D eigenvalue weighted by Gasteiger charge is -2.31. The van der Waals surface area contributed by atoms with Crippen molar-refractivity contribution in [3.05, 3.63) is 11.8 Å². The molecule has 2 rings (SSSR count). The molecule has 0 atom stereocenters. The Morgan fingerprint density at radius 2 is 1.79 bits per heavy atom. The van der Waals surface area contributed by atoms with Crippen LogP contribution >= 0.6 is 0 Å². The van der Waals surface area contributed by atoms with E-state index in [1.807, 2.05) is 0 Å². The minimum absolute atomic E-state index is 0.628. The van der Waals surface area contributed by atoms with Crippen LogP contribution in [0.1, 0.15) is 51.4 Å². The van der Waals surface area contributed by atoms with Crippen molar-refractivity contribution in [2.24, 2.45) is 0 Å². The van der Waals surface area contributed by atoms with Crippen LogP contribution in [0.2, 0.25) is 0 Å². The normalized spacial score (nSPS) is 27.4. The molecule has 1 aliphatic heterocycles. The minimum Gasteiger partial charge on any atom is -0.495 e. The van der Waals surface area contributed by atoms with E-state index >= 15 is 0 Å². The molecule has 1 N–H and O–H groups in total. The summed E-state index contributed by atoms with van der Waals surface area (Å²) < 4.78 is 5.59. The smallest absolute Gasteiger partial charge is 0.124 e. The van der Waals surface area contributed by atoms with Crippen molar-refractivity contribution in [2.45, 2.75) is 57.0 Å². The highest BCUT2D eigenvalue weighted by molar-refractivity contribution is 5.12. The highest BCUT2D eigenvalue weighted by Gasteiger charge is 2.34. The lowest BCUT2D eigenvalue weighted by Crippen LogP contribution is -2.33. The molecule has 1 saturated carbocycles. The van der Waals surface area contributed by atoms with Crippen LogP contribution in [-0.4, -0.2) is 17.3 Å². The number of aliphatic hydroxyl groups is 1. The van der Waals surface area contributed by atoms with Crippen LogP contribution in [0.4, 0.5) is 0 Å². The molecular formula is C12H20O2. The van der Waals surface area contributed by atoms with Gasteiger partial charge in [0.25, 0.3) is 0 Å². The highest BCUT2D eigenvalue weighted by Crippen LogP contribution is 2.35. The lowest BCUT2D eigenvalue weighted by atomic mass is 9.91. The Kier molecular flexibility index (Phi) is 3.12. The summed E-state index contributed by atoms with van der Waals surface area (Å²) in [6.45, 7) is 0.786. The van der Waals surface area contributed by atoms with E-state index in [4.69, 9.17) is 4.74 Å². The van der Waals surface area contributed by atoms with Crippen molar-refractivity contribution < 1.29 is 9.84 Å². The van der Waals surface area contributed by atoms with E-state index < -0.39 is 5.60 Å². The molecule has 2 aliphatic rings. The van der Waals surface area contributed by atoms with Crippen molar-refractivity contribution in [3.63, 3.8) is 0 Å². The first kappa shape index (κ1) is 10.0. The molecule has 0 spiro atoms. The lowest BCUT2D eigenvalue weighted by molar-refractivity contribution is -0.00685. The van der Waals surface area contributed by atoms with Crippen LogP contribution in [-0.2, 0) is 4.74 Å². The molecule has 0 saturated heterocycles. The molecule has 80 valence electrons. The van der Waals surface area contributed by atoms with Gasteiger partial charge in [0.2, 0.25) is 0 Å². The summed E-state index contributed by atoms with van der Waals surface area (Å²) in [5, 5.41) is 10.5. The molecule has 14 heavy (non-hydrogen) atoms. The monoisotopic (exact) mass is 196 g/mol. The van der Waals surface area contributed by atoms with Gasteiger partial charge in [-0.05, 0) is 31.8 Å². The van der Waals surface area contributed by atoms with E-state index in [0.717, 1.165) is 50.9 Å². The summed E-state index contributed by atoms with van der Waals surface area (Å²) in [5.74, 6) is 0.866. The zero-order valence-electron chi connectivity index (χ0n) is 8.80. The summed E-state index contributed by atoms with van der Waals surface area (Å²) in [7, 11) is 0. The number of hydrogen-bond acceptors (Lipinski definition) is 2. The fourth-order valence-electron chi connectivity index (χ4n) is 2.44. The Balaban J connectivity index is 2.07. The maximum absolute atomic E-state index is 10.5. The van der Waals surface area contributed by atoms with Crippen LogP contribution < -0.4 is 0 Å². The highest BCUT2D eigenvalue weighted by atomic mass is 16.5. The molecule has 0 aromatic carbocycles. The third kappa shape index (κ3) is 2.11. The number of allylic oxidation sites excluding steroid dienone is 1. The third-order valence-electron chi connectivity index (χ3n) is 3.33. The molecule has 0 aromatic rings. The molecule has 0 amide bonds. The molecule has 2 nitrogen and oxygen atoms in total. The van der Waals surface area contributed by atoms with Crippen molar-refractivity contribution in [1.82, 2.24) is 0 Å². The quantitative estimate of drug-likeness (QED) is 0.653. The molecular weight excluding hydrogens is 176 g/mol. The van der Waals surface area contributed by atoms with Crippen molar-refractivity contribution in [3.8, 4) is 0 Å². The van der Waals surface area contributed by atoms with Gasteiger partial charge >= 0.3 is 0 Å². The molecule has 0 unspecified atom stereocenters. The first-order valence-corrected chi connectivity index (χ1v) is 5.87. The Bertz CT molecular complexity index is 212. The van der Waals surface area contributed by atoms with Gasteiger partial charge in [0.1, 0.15) is 11.4 Å². The average Bonchev–Trinajstić information content (AvgIpc) is 2.46. The van der Waals surface area contributed by atoms with Gasteiger partial charge in [0.15, 0.2) is 0 Å². The van der Waals surface area contributed by atoms with Gasteiger partial charge < -0.3 is 9.84 Å². The molecule has 0 aromatic heterocycles. The molecule has 0 radical (unpaired) electrons. The van der Waals surface area contributed by atoms with E-state index in [1.165, 1.54) is 12.8 Å². The first-order chi connectivity index (χ1) is 6.81. The summed E-state index contributed by atoms with van der Waals surface area (Å²) in [6, 6.07) is 0. The van der Waals surface area contributed by atoms with Gasteiger partial charge in [-0.2, -0.15) is 0 Å². The van der Waals surface area contributed by atoms with E-state index in [-0.39, 0.29) is 0 Å². The van der Waals surface area contributed by atoms with Crippen molar-refractivity contribution >= 4 is 0 Å². The fraction of sp³-hybridized carbons (Fsp3) is 0.833. The predicted octanol–water partition coefficient (Wildman–Crippen LogP) is 2.77. The minimum atomic E-state index is -0.628. The van der Waals surface area contributed by atoms with Crippen molar-refractivity contribution in [1.29, 1.82) is 0 Å². The second kappa shape index (κ2) is 4.35. The van der Waals surface area contributed by atoms with Gasteiger partial charge in [-0.1, -0.05) is 25.7 Å². The van der Waals surface area contributed by atoms with E-state index in [9.17, 15) is 5.11 Å². The Labute approximate surface area is 86.0 Å². The molecule has 0 bridgehead atoms. The van der Waals surface area contributed by atoms with Crippen LogP contribution in [0.3, 0.4) is 0 Å². The fourth-order valence-corrected chi connectivity index (χ4v) is 2.44. The molecule has 1 heterocycles. The summed E-state index contributed by atoms with van der Waals surface area (Å²) in [5.41, 5.74) is -0.628. The molecule has 1 aliphatic carbocycles. The number of hydrogen-bond donors (Lipinski definition) is 1. The number of ether oxygens (including phenoxy) is 1. The largest absolute Gasteiger partial charge is 0.495 e. The second-order valence-electron chi connectivity index (χ2n) is 4.50. The van der Waals surface area contributed by atoms with Gasteiger partial charge in [-0.25, -0.2) is 0 Å². The Morgan fingerprint density at radius 3 is 2.36 bits per heavy atom. The average molecular weight is 196 g/mol. The van der Waals surface area contributed by atoms with E-state index in [2.05, 4.69) is 6.08 Å². The third-order valence-corrected chi connectivity index (χ3v) is 3.33. The van der Waals surface area contributed by atoms with Crippen LogP contribution in [0.25, 0.3) is 0 Å². The van der Waals surface area contributed by atoms with Gasteiger partial charge in [0, 0.05) is 0 Å². The van der Waals surface area contributed by atoms with Gasteiger partial charge in [-0.3, -0.25) is 0 Å². The van der Waals surface area contributed by atoms with Gasteiger partial charge in [-0.15, -0.1) is 0 Å².